The van der Waals surface area contributed by atoms with Crippen LogP contribution in [0.2, 0.25) is 0 Å². The Kier molecular flexibility index (Phi) is 8.50. The number of amides is 2. The molecular formula is C31H38N8O4S. The number of hydrogen-bond donors (Lipinski definition) is 1. The minimum atomic E-state index is -3.66. The number of aryl methyl sites for hydroxylation is 2. The van der Waals surface area contributed by atoms with E-state index in [4.69, 9.17) is 0 Å². The summed E-state index contributed by atoms with van der Waals surface area (Å²) in [7, 11) is -1.89. The minimum Gasteiger partial charge on any atom is -0.351 e. The Labute approximate surface area is 257 Å². The lowest BCUT2D eigenvalue weighted by Crippen LogP contribution is -2.48. The molecule has 1 aliphatic heterocycles. The predicted octanol–water partition coefficient (Wildman–Crippen LogP) is 3.48. The lowest BCUT2D eigenvalue weighted by atomic mass is 9.94. The van der Waals surface area contributed by atoms with Crippen molar-refractivity contribution in [2.45, 2.75) is 75.4 Å². The van der Waals surface area contributed by atoms with Crippen LogP contribution in [0.4, 0.5) is 5.69 Å². The maximum atomic E-state index is 14.4. The number of aromatic nitrogens is 5. The van der Waals surface area contributed by atoms with E-state index in [1.165, 1.54) is 26.0 Å². The fourth-order valence-corrected chi connectivity index (χ4v) is 7.86. The predicted molar refractivity (Wildman–Crippen MR) is 165 cm³/mol. The Hall–Kier alpha value is -4.10. The highest BCUT2D eigenvalue weighted by Gasteiger charge is 2.37. The SMILES string of the molecule is Cc1nn(C)cc1[C@H](C(=O)NC1CCCCC1)N(C(=O)Cn1nnc2ccccc21)c1ccc(S(=O)(=O)N2CCCC2)cc1. The molecule has 13 heteroatoms. The first-order chi connectivity index (χ1) is 21.2. The standard InChI is InChI=1S/C31H38N8O4S/c1-22-26(20-36(2)34-22)30(31(41)32-23-10-4-3-5-11-23)39(29(40)21-38-28-13-7-6-12-27(28)33-35-38)24-14-16-25(17-15-24)44(42,43)37-18-8-9-19-37/h6-7,12-17,20,23,30H,3-5,8-11,18-19,21H2,1-2H3,(H,32,41)/t30-/m1/s1. The van der Waals surface area contributed by atoms with Gasteiger partial charge in [-0.05, 0) is 69.0 Å². The molecule has 2 aliphatic rings. The van der Waals surface area contributed by atoms with E-state index in [0.717, 1.165) is 44.9 Å². The molecule has 2 aromatic carbocycles. The van der Waals surface area contributed by atoms with E-state index in [2.05, 4.69) is 20.7 Å². The summed E-state index contributed by atoms with van der Waals surface area (Å²) in [5.41, 5.74) is 2.94. The zero-order chi connectivity index (χ0) is 30.8. The summed E-state index contributed by atoms with van der Waals surface area (Å²) in [4.78, 5) is 30.2. The molecule has 1 N–H and O–H groups in total. The van der Waals surface area contributed by atoms with E-state index in [1.54, 1.807) is 30.1 Å². The highest BCUT2D eigenvalue weighted by Crippen LogP contribution is 2.32. The maximum absolute atomic E-state index is 14.4. The summed E-state index contributed by atoms with van der Waals surface area (Å²) in [6.07, 6.45) is 8.40. The van der Waals surface area contributed by atoms with Gasteiger partial charge in [-0.25, -0.2) is 13.1 Å². The van der Waals surface area contributed by atoms with Crippen LogP contribution in [-0.4, -0.2) is 68.4 Å². The van der Waals surface area contributed by atoms with Gasteiger partial charge in [-0.2, -0.15) is 9.40 Å². The third-order valence-corrected chi connectivity index (χ3v) is 10.5. The average molecular weight is 619 g/mol. The molecule has 3 heterocycles. The van der Waals surface area contributed by atoms with Crippen LogP contribution in [0.5, 0.6) is 0 Å². The molecule has 0 unspecified atom stereocenters. The number of sulfonamides is 1. The van der Waals surface area contributed by atoms with Gasteiger partial charge >= 0.3 is 0 Å². The zero-order valence-corrected chi connectivity index (χ0v) is 25.9. The van der Waals surface area contributed by atoms with Crippen LogP contribution >= 0.6 is 0 Å². The number of fused-ring (bicyclic) bond motifs is 1. The lowest BCUT2D eigenvalue weighted by molar-refractivity contribution is -0.127. The Bertz CT molecular complexity index is 1750. The number of hydrogen-bond acceptors (Lipinski definition) is 7. The van der Waals surface area contributed by atoms with Crippen LogP contribution in [-0.2, 0) is 33.2 Å². The van der Waals surface area contributed by atoms with E-state index < -0.39 is 22.0 Å². The molecule has 2 amide bonds. The maximum Gasteiger partial charge on any atom is 0.249 e. The Morgan fingerprint density at radius 3 is 2.39 bits per heavy atom. The molecular weight excluding hydrogens is 580 g/mol. The van der Waals surface area contributed by atoms with Crippen LogP contribution in [0.25, 0.3) is 11.0 Å². The van der Waals surface area contributed by atoms with Gasteiger partial charge in [-0.15, -0.1) is 5.10 Å². The molecule has 232 valence electrons. The quantitative estimate of drug-likeness (QED) is 0.303. The summed E-state index contributed by atoms with van der Waals surface area (Å²) in [5.74, 6) is -0.707. The summed E-state index contributed by atoms with van der Waals surface area (Å²) < 4.78 is 31.2. The van der Waals surface area contributed by atoms with Crippen LogP contribution in [0.15, 0.2) is 59.6 Å². The molecule has 0 radical (unpaired) electrons. The second kappa shape index (κ2) is 12.5. The first-order valence-corrected chi connectivity index (χ1v) is 16.7. The van der Waals surface area contributed by atoms with Crippen molar-refractivity contribution >= 4 is 38.6 Å². The topological polar surface area (TPSA) is 135 Å². The van der Waals surface area contributed by atoms with Crippen molar-refractivity contribution in [3.05, 3.63) is 66.0 Å². The van der Waals surface area contributed by atoms with Gasteiger partial charge in [0.15, 0.2) is 0 Å². The van der Waals surface area contributed by atoms with Crippen LogP contribution in [0.1, 0.15) is 62.2 Å². The number of rotatable bonds is 9. The van der Waals surface area contributed by atoms with Crippen molar-refractivity contribution in [3.63, 3.8) is 0 Å². The first-order valence-electron chi connectivity index (χ1n) is 15.2. The second-order valence-electron chi connectivity index (χ2n) is 11.7. The number of para-hydroxylation sites is 1. The van der Waals surface area contributed by atoms with Gasteiger partial charge in [0.1, 0.15) is 18.1 Å². The number of carbonyl (C=O) groups is 2. The summed E-state index contributed by atoms with van der Waals surface area (Å²) >= 11 is 0. The molecule has 12 nitrogen and oxygen atoms in total. The molecule has 6 rings (SSSR count). The van der Waals surface area contributed by atoms with Gasteiger partial charge in [0.25, 0.3) is 0 Å². The van der Waals surface area contributed by atoms with Gasteiger partial charge in [0.2, 0.25) is 21.8 Å². The normalized spacial score (nSPS) is 17.1. The summed E-state index contributed by atoms with van der Waals surface area (Å²) in [6, 6.07) is 12.6. The Morgan fingerprint density at radius 2 is 1.70 bits per heavy atom. The third kappa shape index (κ3) is 5.98. The molecule has 0 bridgehead atoms. The number of anilines is 1. The monoisotopic (exact) mass is 618 g/mol. The number of benzene rings is 2. The van der Waals surface area contributed by atoms with Gasteiger partial charge in [-0.1, -0.05) is 36.6 Å². The van der Waals surface area contributed by atoms with Gasteiger partial charge in [-0.3, -0.25) is 19.2 Å². The second-order valence-corrected chi connectivity index (χ2v) is 13.6. The van der Waals surface area contributed by atoms with E-state index >= 15 is 0 Å². The molecule has 2 aromatic heterocycles. The average Bonchev–Trinajstić information content (AvgIpc) is 3.77. The Morgan fingerprint density at radius 1 is 1.00 bits per heavy atom. The van der Waals surface area contributed by atoms with Crippen LogP contribution < -0.4 is 10.2 Å². The van der Waals surface area contributed by atoms with Crippen molar-refractivity contribution in [2.75, 3.05) is 18.0 Å². The molecule has 2 fully saturated rings. The molecule has 1 aliphatic carbocycles. The Balaban J connectivity index is 1.42. The summed E-state index contributed by atoms with van der Waals surface area (Å²) in [5, 5.41) is 16.1. The largest absolute Gasteiger partial charge is 0.351 e. The van der Waals surface area contributed by atoms with E-state index in [0.29, 0.717) is 41.1 Å². The summed E-state index contributed by atoms with van der Waals surface area (Å²) in [6.45, 7) is 2.62. The molecule has 1 atom stereocenters. The number of nitrogens with zero attached hydrogens (tertiary/aromatic N) is 7. The van der Waals surface area contributed by atoms with Crippen molar-refractivity contribution in [2.24, 2.45) is 7.05 Å². The third-order valence-electron chi connectivity index (χ3n) is 8.60. The van der Waals surface area contributed by atoms with E-state index in [1.807, 2.05) is 31.2 Å². The minimum absolute atomic E-state index is 0.0138. The van der Waals surface area contributed by atoms with E-state index in [-0.39, 0.29) is 23.4 Å². The van der Waals surface area contributed by atoms with Gasteiger partial charge < -0.3 is 5.32 Å². The smallest absolute Gasteiger partial charge is 0.249 e. The zero-order valence-electron chi connectivity index (χ0n) is 25.1. The molecule has 4 aromatic rings. The highest BCUT2D eigenvalue weighted by molar-refractivity contribution is 7.89. The van der Waals surface area contributed by atoms with E-state index in [9.17, 15) is 18.0 Å². The van der Waals surface area contributed by atoms with Gasteiger partial charge in [0.05, 0.1) is 16.1 Å². The molecule has 1 saturated heterocycles. The lowest BCUT2D eigenvalue weighted by Gasteiger charge is -2.33. The van der Waals surface area contributed by atoms with Crippen LogP contribution in [0.3, 0.4) is 0 Å². The molecule has 44 heavy (non-hydrogen) atoms. The van der Waals surface area contributed by atoms with Crippen molar-refractivity contribution in [3.8, 4) is 0 Å². The fourth-order valence-electron chi connectivity index (χ4n) is 6.34. The first kappa shape index (κ1) is 29.9. The van der Waals surface area contributed by atoms with Crippen LogP contribution in [0, 0.1) is 6.92 Å². The van der Waals surface area contributed by atoms with Crippen molar-refractivity contribution in [1.29, 1.82) is 0 Å². The molecule has 0 spiro atoms. The fraction of sp³-hybridized carbons (Fsp3) is 0.452. The number of nitrogens with one attached hydrogen (secondary N) is 1. The molecule has 1 saturated carbocycles. The van der Waals surface area contributed by atoms with Gasteiger partial charge in [0, 0.05) is 43.6 Å². The highest BCUT2D eigenvalue weighted by atomic mass is 32.2. The van der Waals surface area contributed by atoms with Crippen molar-refractivity contribution in [1.82, 2.24) is 34.4 Å². The van der Waals surface area contributed by atoms with Crippen molar-refractivity contribution < 1.29 is 18.0 Å². The number of carbonyl (C=O) groups excluding carboxylic acids is 2.